The Hall–Kier alpha value is -2.95. The molecule has 1 aliphatic rings. The molecule has 29 heavy (non-hydrogen) atoms. The summed E-state index contributed by atoms with van der Waals surface area (Å²) >= 11 is 0. The van der Waals surface area contributed by atoms with Crippen LogP contribution in [0.25, 0.3) is 0 Å². The molecule has 3 rings (SSSR count). The van der Waals surface area contributed by atoms with E-state index >= 15 is 0 Å². The van der Waals surface area contributed by atoms with E-state index in [4.69, 9.17) is 0 Å². The van der Waals surface area contributed by atoms with E-state index in [2.05, 4.69) is 10.00 Å². The largest absolute Gasteiger partial charge is 0.339 e. The van der Waals surface area contributed by atoms with Crippen molar-refractivity contribution >= 4 is 11.6 Å². The number of hydrogen-bond donors (Lipinski definition) is 0. The number of aromatic nitrogens is 2. The number of halogens is 3. The summed E-state index contributed by atoms with van der Waals surface area (Å²) in [5.74, 6) is -0.638. The van der Waals surface area contributed by atoms with Crippen LogP contribution in [-0.4, -0.2) is 56.6 Å². The number of carbonyl (C=O) groups excluding carboxylic acids is 1. The minimum Gasteiger partial charge on any atom is -0.339 e. The van der Waals surface area contributed by atoms with Crippen LogP contribution in [0.1, 0.15) is 23.4 Å². The van der Waals surface area contributed by atoms with E-state index < -0.39 is 22.7 Å². The van der Waals surface area contributed by atoms with Crippen LogP contribution in [0.3, 0.4) is 0 Å². The second kappa shape index (κ2) is 8.60. The van der Waals surface area contributed by atoms with Gasteiger partial charge in [-0.25, -0.2) is 13.2 Å². The quantitative estimate of drug-likeness (QED) is 0.539. The van der Waals surface area contributed by atoms with Gasteiger partial charge in [-0.15, -0.1) is 0 Å². The second-order valence-electron chi connectivity index (χ2n) is 6.82. The molecule has 0 spiro atoms. The molecule has 1 aliphatic heterocycles. The van der Waals surface area contributed by atoms with Gasteiger partial charge in [-0.2, -0.15) is 5.10 Å². The molecule has 1 aromatic carbocycles. The first-order chi connectivity index (χ1) is 13.8. The summed E-state index contributed by atoms with van der Waals surface area (Å²) in [6.07, 6.45) is -3.10. The molecule has 1 saturated heterocycles. The fourth-order valence-electron chi connectivity index (χ4n) is 3.32. The van der Waals surface area contributed by atoms with Crippen molar-refractivity contribution in [3.63, 3.8) is 0 Å². The lowest BCUT2D eigenvalue weighted by Gasteiger charge is -2.34. The van der Waals surface area contributed by atoms with Crippen LogP contribution in [-0.2, 0) is 17.9 Å². The van der Waals surface area contributed by atoms with Crippen molar-refractivity contribution in [2.24, 2.45) is 0 Å². The number of rotatable bonds is 6. The van der Waals surface area contributed by atoms with Gasteiger partial charge >= 0.3 is 5.69 Å². The summed E-state index contributed by atoms with van der Waals surface area (Å²) in [6.45, 7) is 3.66. The zero-order valence-electron chi connectivity index (χ0n) is 15.7. The van der Waals surface area contributed by atoms with Gasteiger partial charge in [-0.05, 0) is 24.6 Å². The zero-order chi connectivity index (χ0) is 21.1. The monoisotopic (exact) mass is 411 g/mol. The van der Waals surface area contributed by atoms with Crippen LogP contribution < -0.4 is 0 Å². The number of carbonyl (C=O) groups is 1. The van der Waals surface area contributed by atoms with E-state index in [1.54, 1.807) is 17.0 Å². The first-order valence-corrected chi connectivity index (χ1v) is 9.00. The first-order valence-electron chi connectivity index (χ1n) is 9.00. The Morgan fingerprint density at radius 2 is 1.83 bits per heavy atom. The van der Waals surface area contributed by atoms with Crippen LogP contribution >= 0.6 is 0 Å². The van der Waals surface area contributed by atoms with Crippen LogP contribution in [0.2, 0.25) is 0 Å². The number of hydrogen-bond acceptors (Lipinski definition) is 5. The topological polar surface area (TPSA) is 84.5 Å². The lowest BCUT2D eigenvalue weighted by Crippen LogP contribution is -2.49. The van der Waals surface area contributed by atoms with Crippen molar-refractivity contribution < 1.29 is 22.9 Å². The summed E-state index contributed by atoms with van der Waals surface area (Å²) < 4.78 is 40.0. The molecule has 0 unspecified atom stereocenters. The van der Waals surface area contributed by atoms with Crippen molar-refractivity contribution in [1.82, 2.24) is 19.6 Å². The number of nitro groups is 1. The maximum absolute atomic E-state index is 13.0. The summed E-state index contributed by atoms with van der Waals surface area (Å²) in [5.41, 5.74) is -0.792. The Kier molecular flexibility index (Phi) is 6.16. The molecule has 1 fully saturated rings. The van der Waals surface area contributed by atoms with Crippen molar-refractivity contribution in [3.05, 3.63) is 57.1 Å². The van der Waals surface area contributed by atoms with Crippen LogP contribution in [0.4, 0.5) is 18.9 Å². The van der Waals surface area contributed by atoms with E-state index in [1.807, 2.05) is 0 Å². The predicted molar refractivity (Wildman–Crippen MR) is 96.8 cm³/mol. The second-order valence-corrected chi connectivity index (χ2v) is 6.82. The molecule has 0 atom stereocenters. The fraction of sp³-hybridized carbons (Fsp3) is 0.444. The molecular weight excluding hydrogens is 391 g/mol. The van der Waals surface area contributed by atoms with Gasteiger partial charge in [0.2, 0.25) is 11.6 Å². The standard InChI is InChI=1S/C18H20F3N5O3/c1-12-17(26(28)29)16(18(20)21)22-25(12)11-15(27)24-8-6-23(7-9-24)10-13-2-4-14(19)5-3-13/h2-5,18H,6-11H2,1H3. The highest BCUT2D eigenvalue weighted by molar-refractivity contribution is 5.76. The van der Waals surface area contributed by atoms with Gasteiger partial charge in [0, 0.05) is 32.7 Å². The van der Waals surface area contributed by atoms with Crippen molar-refractivity contribution in [3.8, 4) is 0 Å². The Balaban J connectivity index is 1.59. The highest BCUT2D eigenvalue weighted by Gasteiger charge is 2.32. The number of benzene rings is 1. The highest BCUT2D eigenvalue weighted by Crippen LogP contribution is 2.30. The summed E-state index contributed by atoms with van der Waals surface area (Å²) in [4.78, 5) is 26.4. The average molecular weight is 411 g/mol. The minimum atomic E-state index is -3.10. The molecule has 1 aromatic heterocycles. The van der Waals surface area contributed by atoms with E-state index in [1.165, 1.54) is 19.1 Å². The van der Waals surface area contributed by atoms with Gasteiger partial charge in [-0.1, -0.05) is 12.1 Å². The maximum atomic E-state index is 13.0. The van der Waals surface area contributed by atoms with Gasteiger partial charge in [-0.3, -0.25) is 24.5 Å². The van der Waals surface area contributed by atoms with Crippen LogP contribution in [0.5, 0.6) is 0 Å². The zero-order valence-corrected chi connectivity index (χ0v) is 15.7. The van der Waals surface area contributed by atoms with Crippen molar-refractivity contribution in [1.29, 1.82) is 0 Å². The third-order valence-electron chi connectivity index (χ3n) is 4.92. The van der Waals surface area contributed by atoms with E-state index in [9.17, 15) is 28.1 Å². The smallest absolute Gasteiger partial charge is 0.319 e. The fourth-order valence-corrected chi connectivity index (χ4v) is 3.32. The molecule has 2 aromatic rings. The third-order valence-corrected chi connectivity index (χ3v) is 4.92. The Labute approximate surface area is 164 Å². The minimum absolute atomic E-state index is 0.0754. The number of amides is 1. The third kappa shape index (κ3) is 4.73. The van der Waals surface area contributed by atoms with Gasteiger partial charge in [0.25, 0.3) is 6.43 Å². The van der Waals surface area contributed by atoms with Crippen molar-refractivity contribution in [2.75, 3.05) is 26.2 Å². The Bertz CT molecular complexity index is 893. The number of alkyl halides is 2. The van der Waals surface area contributed by atoms with Crippen molar-refractivity contribution in [2.45, 2.75) is 26.4 Å². The Morgan fingerprint density at radius 1 is 1.21 bits per heavy atom. The molecule has 0 radical (unpaired) electrons. The molecule has 2 heterocycles. The van der Waals surface area contributed by atoms with Crippen LogP contribution in [0, 0.1) is 22.9 Å². The van der Waals surface area contributed by atoms with Gasteiger partial charge in [0.05, 0.1) is 4.92 Å². The van der Waals surface area contributed by atoms with E-state index in [0.717, 1.165) is 10.2 Å². The normalized spacial score (nSPS) is 15.1. The van der Waals surface area contributed by atoms with Gasteiger partial charge in [0.1, 0.15) is 18.1 Å². The van der Waals surface area contributed by atoms with Crippen LogP contribution in [0.15, 0.2) is 24.3 Å². The molecule has 8 nitrogen and oxygen atoms in total. The molecule has 0 N–H and O–H groups in total. The van der Waals surface area contributed by atoms with E-state index in [-0.39, 0.29) is 24.0 Å². The average Bonchev–Trinajstić information content (AvgIpc) is 3.01. The SMILES string of the molecule is Cc1c([N+](=O)[O-])c(C(F)F)nn1CC(=O)N1CCN(Cc2ccc(F)cc2)CC1. The molecular formula is C18H20F3N5O3. The van der Waals surface area contributed by atoms with Gasteiger partial charge in [0.15, 0.2) is 0 Å². The summed E-state index contributed by atoms with van der Waals surface area (Å²) in [6, 6.07) is 6.21. The summed E-state index contributed by atoms with van der Waals surface area (Å²) in [5, 5.41) is 14.6. The summed E-state index contributed by atoms with van der Waals surface area (Å²) in [7, 11) is 0. The maximum Gasteiger partial charge on any atom is 0.319 e. The molecule has 11 heteroatoms. The lowest BCUT2D eigenvalue weighted by molar-refractivity contribution is -0.386. The molecule has 0 bridgehead atoms. The number of nitrogens with zero attached hydrogens (tertiary/aromatic N) is 5. The first kappa shape index (κ1) is 20.8. The van der Waals surface area contributed by atoms with E-state index in [0.29, 0.717) is 32.7 Å². The van der Waals surface area contributed by atoms with Gasteiger partial charge < -0.3 is 4.90 Å². The lowest BCUT2D eigenvalue weighted by atomic mass is 10.2. The predicted octanol–water partition coefficient (Wildman–Crippen LogP) is 2.52. The molecule has 1 amide bonds. The Morgan fingerprint density at radius 3 is 2.34 bits per heavy atom. The number of piperazine rings is 1. The molecule has 0 aliphatic carbocycles. The molecule has 156 valence electrons. The molecule has 0 saturated carbocycles. The highest BCUT2D eigenvalue weighted by atomic mass is 19.3.